The van der Waals surface area contributed by atoms with Crippen molar-refractivity contribution in [3.8, 4) is 5.75 Å². The Bertz CT molecular complexity index is 733. The number of aromatic hydroxyl groups is 1. The molecule has 30 heavy (non-hydrogen) atoms. The largest absolute Gasteiger partial charge is 0.508 e. The van der Waals surface area contributed by atoms with Crippen LogP contribution in [0.4, 0.5) is 0 Å². The number of nitrogens with one attached hydrogen (secondary N) is 1. The first-order chi connectivity index (χ1) is 14.4. The number of hydrogen-bond acceptors (Lipinski definition) is 5. The number of carbonyl (C=O) groups excluding carboxylic acids is 1. The van der Waals surface area contributed by atoms with Crippen LogP contribution in [0, 0.1) is 0 Å². The van der Waals surface area contributed by atoms with Gasteiger partial charge in [-0.1, -0.05) is 42.5 Å². The minimum absolute atomic E-state index is 0.0235. The number of carbonyl (C=O) groups is 1. The summed E-state index contributed by atoms with van der Waals surface area (Å²) in [7, 11) is 0. The zero-order valence-electron chi connectivity index (χ0n) is 17.8. The van der Waals surface area contributed by atoms with Gasteiger partial charge in [-0.3, -0.25) is 4.79 Å². The number of rotatable bonds is 13. The summed E-state index contributed by atoms with van der Waals surface area (Å²) in [5, 5.41) is 21.8. The Labute approximate surface area is 178 Å². The summed E-state index contributed by atoms with van der Waals surface area (Å²) >= 11 is 0. The molecular weight excluding hydrogens is 382 g/mol. The molecule has 0 saturated heterocycles. The first-order valence-electron chi connectivity index (χ1n) is 10.4. The molecule has 0 bridgehead atoms. The van der Waals surface area contributed by atoms with Crippen molar-refractivity contribution in [1.29, 1.82) is 0 Å². The van der Waals surface area contributed by atoms with E-state index in [4.69, 9.17) is 9.47 Å². The van der Waals surface area contributed by atoms with Crippen molar-refractivity contribution in [2.45, 2.75) is 51.4 Å². The Balaban J connectivity index is 1.86. The highest BCUT2D eigenvalue weighted by molar-refractivity contribution is 5.76. The smallest absolute Gasteiger partial charge is 0.220 e. The van der Waals surface area contributed by atoms with Crippen LogP contribution < -0.4 is 5.32 Å². The molecule has 0 saturated carbocycles. The molecule has 6 nitrogen and oxygen atoms in total. The number of phenols is 1. The summed E-state index contributed by atoms with van der Waals surface area (Å²) in [6, 6.07) is 16.7. The van der Waals surface area contributed by atoms with Crippen molar-refractivity contribution < 1.29 is 24.5 Å². The van der Waals surface area contributed by atoms with Crippen molar-refractivity contribution in [3.63, 3.8) is 0 Å². The minimum atomic E-state index is -0.515. The van der Waals surface area contributed by atoms with Gasteiger partial charge in [0.1, 0.15) is 5.75 Å². The third-order valence-electron chi connectivity index (χ3n) is 4.56. The molecule has 0 aromatic heterocycles. The zero-order valence-corrected chi connectivity index (χ0v) is 17.8. The van der Waals surface area contributed by atoms with Crippen LogP contribution in [0.1, 0.15) is 31.4 Å². The number of aliphatic hydroxyl groups is 1. The van der Waals surface area contributed by atoms with E-state index >= 15 is 0 Å². The lowest BCUT2D eigenvalue weighted by Crippen LogP contribution is -2.40. The molecule has 2 aromatic rings. The Kier molecular flexibility index (Phi) is 10.3. The van der Waals surface area contributed by atoms with Gasteiger partial charge in [0.05, 0.1) is 38.1 Å². The predicted molar refractivity (Wildman–Crippen MR) is 116 cm³/mol. The lowest BCUT2D eigenvalue weighted by Gasteiger charge is -2.21. The second-order valence-corrected chi connectivity index (χ2v) is 7.65. The number of aliphatic hydroxyl groups excluding tert-OH is 1. The zero-order chi connectivity index (χ0) is 21.8. The van der Waals surface area contributed by atoms with Crippen LogP contribution >= 0.6 is 0 Å². The van der Waals surface area contributed by atoms with Gasteiger partial charge in [0, 0.05) is 6.42 Å². The second kappa shape index (κ2) is 13.0. The second-order valence-electron chi connectivity index (χ2n) is 7.65. The summed E-state index contributed by atoms with van der Waals surface area (Å²) < 4.78 is 11.3. The first-order valence-corrected chi connectivity index (χ1v) is 10.4. The number of amides is 1. The molecule has 6 heteroatoms. The predicted octanol–water partition coefficient (Wildman–Crippen LogP) is 2.85. The average molecular weight is 416 g/mol. The van der Waals surface area contributed by atoms with E-state index in [1.807, 2.05) is 49.4 Å². The number of phenolic OH excluding ortho intramolecular Hbond substituents is 1. The van der Waals surface area contributed by atoms with Crippen LogP contribution in [0.25, 0.3) is 0 Å². The monoisotopic (exact) mass is 415 g/mol. The quantitative estimate of drug-likeness (QED) is 0.468. The third-order valence-corrected chi connectivity index (χ3v) is 4.56. The summed E-state index contributed by atoms with van der Waals surface area (Å²) in [4.78, 5) is 12.5. The summed E-state index contributed by atoms with van der Waals surface area (Å²) in [5.74, 6) is 0.187. The maximum Gasteiger partial charge on any atom is 0.220 e. The molecule has 3 N–H and O–H groups in total. The van der Waals surface area contributed by atoms with Crippen molar-refractivity contribution in [3.05, 3.63) is 65.7 Å². The highest BCUT2D eigenvalue weighted by Gasteiger charge is 2.15. The van der Waals surface area contributed by atoms with Crippen LogP contribution in [0.2, 0.25) is 0 Å². The molecular formula is C24H33NO5. The maximum atomic E-state index is 12.5. The molecule has 164 valence electrons. The van der Waals surface area contributed by atoms with E-state index in [9.17, 15) is 15.0 Å². The molecule has 0 fully saturated rings. The van der Waals surface area contributed by atoms with Crippen LogP contribution in [0.5, 0.6) is 5.75 Å². The van der Waals surface area contributed by atoms with Gasteiger partial charge in [0.2, 0.25) is 5.91 Å². The van der Waals surface area contributed by atoms with Crippen LogP contribution in [-0.2, 0) is 27.1 Å². The van der Waals surface area contributed by atoms with E-state index in [0.29, 0.717) is 32.5 Å². The standard InChI is InChI=1S/C24H33NO5/c1-18(26)15-30-19(2)16-29-17-22(14-21-8-11-23(27)12-9-21)25-24(28)13-10-20-6-4-3-5-7-20/h3-9,11-12,18-19,22,26-27H,10,13-17H2,1-2H3,(H,25,28)/t18-,19+,22+/m0/s1. The first kappa shape index (κ1) is 23.9. The van der Waals surface area contributed by atoms with Crippen LogP contribution in [0.3, 0.4) is 0 Å². The molecule has 0 unspecified atom stereocenters. The summed E-state index contributed by atoms with van der Waals surface area (Å²) in [6.45, 7) is 4.54. The summed E-state index contributed by atoms with van der Waals surface area (Å²) in [5.41, 5.74) is 2.13. The van der Waals surface area contributed by atoms with E-state index in [-0.39, 0.29) is 30.4 Å². The van der Waals surface area contributed by atoms with E-state index in [2.05, 4.69) is 5.32 Å². The van der Waals surface area contributed by atoms with Crippen molar-refractivity contribution in [2.75, 3.05) is 19.8 Å². The van der Waals surface area contributed by atoms with Gasteiger partial charge in [0.15, 0.2) is 0 Å². The average Bonchev–Trinajstić information content (AvgIpc) is 2.73. The molecule has 0 heterocycles. The molecule has 1 amide bonds. The SMILES string of the molecule is C[C@H](O)CO[C@H](C)COC[C@@H](Cc1ccc(O)cc1)NC(=O)CCc1ccccc1. The Morgan fingerprint density at radius 1 is 0.967 bits per heavy atom. The molecule has 0 aliphatic heterocycles. The molecule has 0 aliphatic carbocycles. The fourth-order valence-electron chi connectivity index (χ4n) is 3.00. The fourth-order valence-corrected chi connectivity index (χ4v) is 3.00. The topological polar surface area (TPSA) is 88.0 Å². The molecule has 0 spiro atoms. The number of ether oxygens (including phenoxy) is 2. The Morgan fingerprint density at radius 3 is 2.33 bits per heavy atom. The third kappa shape index (κ3) is 9.87. The van der Waals surface area contributed by atoms with Crippen molar-refractivity contribution >= 4 is 5.91 Å². The lowest BCUT2D eigenvalue weighted by atomic mass is 10.1. The molecule has 0 radical (unpaired) electrons. The van der Waals surface area contributed by atoms with Gasteiger partial charge in [-0.15, -0.1) is 0 Å². The van der Waals surface area contributed by atoms with E-state index in [1.165, 1.54) is 0 Å². The van der Waals surface area contributed by atoms with E-state index in [1.54, 1.807) is 19.1 Å². The number of benzene rings is 2. The Morgan fingerprint density at radius 2 is 1.67 bits per heavy atom. The molecule has 2 aromatic carbocycles. The summed E-state index contributed by atoms with van der Waals surface area (Å²) in [6.07, 6.45) is 1.02. The van der Waals surface area contributed by atoms with Crippen LogP contribution in [-0.4, -0.2) is 54.2 Å². The molecule has 0 aliphatic rings. The number of aryl methyl sites for hydroxylation is 1. The van der Waals surface area contributed by atoms with Crippen LogP contribution in [0.15, 0.2) is 54.6 Å². The highest BCUT2D eigenvalue weighted by atomic mass is 16.5. The minimum Gasteiger partial charge on any atom is -0.508 e. The fraction of sp³-hybridized carbons (Fsp3) is 0.458. The van der Waals surface area contributed by atoms with Gasteiger partial charge >= 0.3 is 0 Å². The van der Waals surface area contributed by atoms with E-state index in [0.717, 1.165) is 11.1 Å². The molecule has 3 atom stereocenters. The van der Waals surface area contributed by atoms with Crippen molar-refractivity contribution in [1.82, 2.24) is 5.32 Å². The van der Waals surface area contributed by atoms with Gasteiger partial charge in [-0.2, -0.15) is 0 Å². The van der Waals surface area contributed by atoms with E-state index < -0.39 is 6.10 Å². The normalized spacial score (nSPS) is 14.1. The van der Waals surface area contributed by atoms with Gasteiger partial charge in [-0.25, -0.2) is 0 Å². The van der Waals surface area contributed by atoms with Gasteiger partial charge in [0.25, 0.3) is 0 Å². The van der Waals surface area contributed by atoms with Gasteiger partial charge in [-0.05, 0) is 49.9 Å². The lowest BCUT2D eigenvalue weighted by molar-refractivity contribution is -0.122. The number of hydrogen-bond donors (Lipinski definition) is 3. The Hall–Kier alpha value is -2.41. The van der Waals surface area contributed by atoms with Gasteiger partial charge < -0.3 is 25.0 Å². The van der Waals surface area contributed by atoms with Crippen molar-refractivity contribution in [2.24, 2.45) is 0 Å². The maximum absolute atomic E-state index is 12.5. The highest BCUT2D eigenvalue weighted by Crippen LogP contribution is 2.12. The molecule has 2 rings (SSSR count).